The smallest absolute Gasteiger partial charge is 0.223 e. The van der Waals surface area contributed by atoms with Gasteiger partial charge < -0.3 is 10.6 Å². The minimum atomic E-state index is -0.152. The molecule has 1 aromatic carbocycles. The molecular formula is C18H27N5O. The van der Waals surface area contributed by atoms with Crippen molar-refractivity contribution in [1.29, 1.82) is 0 Å². The molecule has 130 valence electrons. The summed E-state index contributed by atoms with van der Waals surface area (Å²) in [7, 11) is 0. The van der Waals surface area contributed by atoms with E-state index in [1.54, 1.807) is 0 Å². The lowest BCUT2D eigenvalue weighted by molar-refractivity contribution is -0.131. The fourth-order valence-electron chi connectivity index (χ4n) is 2.81. The zero-order valence-electron chi connectivity index (χ0n) is 14.8. The van der Waals surface area contributed by atoms with Gasteiger partial charge in [-0.1, -0.05) is 26.0 Å². The van der Waals surface area contributed by atoms with Gasteiger partial charge in [-0.05, 0) is 55.0 Å². The van der Waals surface area contributed by atoms with E-state index >= 15 is 0 Å². The van der Waals surface area contributed by atoms with Crippen molar-refractivity contribution in [2.75, 3.05) is 6.54 Å². The highest BCUT2D eigenvalue weighted by atomic mass is 16.2. The zero-order valence-corrected chi connectivity index (χ0v) is 14.8. The van der Waals surface area contributed by atoms with Crippen LogP contribution in [0.25, 0.3) is 0 Å². The standard InChI is InChI=1S/C18H27N5O/c1-13(2)9-10-17(24)23-11-5-8-16(23)18(19)21-22-20-15-7-4-6-14(3)12-15/h4,6-7,12-13,16H,5,8-11H2,1-3H3,(H2,19,20,21). The molecule has 0 saturated carbocycles. The number of nitrogens with zero attached hydrogens (tertiary/aromatic N) is 4. The molecule has 1 fully saturated rings. The molecular weight excluding hydrogens is 302 g/mol. The second kappa shape index (κ2) is 8.57. The van der Waals surface area contributed by atoms with E-state index in [4.69, 9.17) is 5.73 Å². The number of hydrogen-bond donors (Lipinski definition) is 1. The fraction of sp³-hybridized carbons (Fsp3) is 0.556. The molecule has 0 aliphatic carbocycles. The highest BCUT2D eigenvalue weighted by molar-refractivity contribution is 5.90. The van der Waals surface area contributed by atoms with Crippen LogP contribution in [0.2, 0.25) is 0 Å². The topological polar surface area (TPSA) is 83.4 Å². The Kier molecular flexibility index (Phi) is 6.46. The number of amides is 1. The summed E-state index contributed by atoms with van der Waals surface area (Å²) in [6, 6.07) is 7.55. The number of likely N-dealkylation sites (tertiary alicyclic amines) is 1. The Morgan fingerprint density at radius 1 is 1.42 bits per heavy atom. The monoisotopic (exact) mass is 329 g/mol. The number of benzene rings is 1. The first kappa shape index (κ1) is 18.1. The molecule has 1 unspecified atom stereocenters. The van der Waals surface area contributed by atoms with E-state index in [0.29, 0.717) is 18.2 Å². The number of aryl methyl sites for hydroxylation is 1. The Morgan fingerprint density at radius 2 is 2.21 bits per heavy atom. The van der Waals surface area contributed by atoms with Gasteiger partial charge in [0, 0.05) is 13.0 Å². The molecule has 1 aromatic rings. The summed E-state index contributed by atoms with van der Waals surface area (Å²) < 4.78 is 0. The minimum Gasteiger partial charge on any atom is -0.384 e. The van der Waals surface area contributed by atoms with Gasteiger partial charge in [-0.15, -0.1) is 10.2 Å². The van der Waals surface area contributed by atoms with Gasteiger partial charge in [0.1, 0.15) is 5.84 Å². The molecule has 0 bridgehead atoms. The molecule has 1 saturated heterocycles. The molecule has 1 atom stereocenters. The van der Waals surface area contributed by atoms with Crippen molar-refractivity contribution in [2.45, 2.75) is 52.5 Å². The number of carbonyl (C=O) groups is 1. The van der Waals surface area contributed by atoms with E-state index in [1.165, 1.54) is 0 Å². The Hall–Kier alpha value is -2.24. The number of carbonyl (C=O) groups excluding carboxylic acids is 1. The first-order valence-electron chi connectivity index (χ1n) is 8.57. The molecule has 2 N–H and O–H groups in total. The van der Waals surface area contributed by atoms with E-state index < -0.39 is 0 Å². The Balaban J connectivity index is 1.99. The van der Waals surface area contributed by atoms with Crippen LogP contribution in [0.5, 0.6) is 0 Å². The van der Waals surface area contributed by atoms with E-state index in [2.05, 4.69) is 29.3 Å². The molecule has 1 aliphatic rings. The van der Waals surface area contributed by atoms with E-state index in [9.17, 15) is 4.79 Å². The van der Waals surface area contributed by atoms with Gasteiger partial charge in [0.15, 0.2) is 0 Å². The van der Waals surface area contributed by atoms with E-state index in [1.807, 2.05) is 36.1 Å². The van der Waals surface area contributed by atoms with Crippen LogP contribution in [0, 0.1) is 12.8 Å². The largest absolute Gasteiger partial charge is 0.384 e. The Bertz CT molecular complexity index is 624. The van der Waals surface area contributed by atoms with Gasteiger partial charge in [0.25, 0.3) is 0 Å². The molecule has 24 heavy (non-hydrogen) atoms. The Morgan fingerprint density at radius 3 is 2.92 bits per heavy atom. The quantitative estimate of drug-likeness (QED) is 0.373. The minimum absolute atomic E-state index is 0.152. The highest BCUT2D eigenvalue weighted by Crippen LogP contribution is 2.20. The maximum Gasteiger partial charge on any atom is 0.223 e. The molecule has 6 nitrogen and oxygen atoms in total. The van der Waals surface area contributed by atoms with Gasteiger partial charge in [-0.3, -0.25) is 4.79 Å². The van der Waals surface area contributed by atoms with Gasteiger partial charge in [-0.2, -0.15) is 0 Å². The van der Waals surface area contributed by atoms with Crippen molar-refractivity contribution < 1.29 is 4.79 Å². The van der Waals surface area contributed by atoms with Gasteiger partial charge in [-0.25, -0.2) is 0 Å². The van der Waals surface area contributed by atoms with Gasteiger partial charge >= 0.3 is 0 Å². The van der Waals surface area contributed by atoms with Crippen LogP contribution in [0.4, 0.5) is 5.69 Å². The summed E-state index contributed by atoms with van der Waals surface area (Å²) in [5.74, 6) is 1.03. The second-order valence-corrected chi connectivity index (χ2v) is 6.73. The molecule has 1 aliphatic heterocycles. The molecule has 2 rings (SSSR count). The van der Waals surface area contributed by atoms with Crippen LogP contribution in [-0.2, 0) is 4.79 Å². The van der Waals surface area contributed by atoms with Crippen LogP contribution in [0.15, 0.2) is 39.7 Å². The third-order valence-corrected chi connectivity index (χ3v) is 4.17. The third-order valence-electron chi connectivity index (χ3n) is 4.17. The van der Waals surface area contributed by atoms with Crippen molar-refractivity contribution in [2.24, 2.45) is 27.1 Å². The maximum absolute atomic E-state index is 12.4. The molecule has 1 heterocycles. The fourth-order valence-corrected chi connectivity index (χ4v) is 2.81. The zero-order chi connectivity index (χ0) is 17.5. The summed E-state index contributed by atoms with van der Waals surface area (Å²) in [4.78, 5) is 14.2. The SMILES string of the molecule is Cc1cccc(N=NN=C(N)C2CCCN2C(=O)CCC(C)C)c1. The lowest BCUT2D eigenvalue weighted by Crippen LogP contribution is -2.43. The van der Waals surface area contributed by atoms with Crippen molar-refractivity contribution in [3.63, 3.8) is 0 Å². The number of hydrogen-bond acceptors (Lipinski definition) is 3. The van der Waals surface area contributed by atoms with Gasteiger partial charge in [0.2, 0.25) is 5.91 Å². The first-order valence-corrected chi connectivity index (χ1v) is 8.57. The molecule has 6 heteroatoms. The predicted molar refractivity (Wildman–Crippen MR) is 96.1 cm³/mol. The normalized spacial score (nSPS) is 18.8. The van der Waals surface area contributed by atoms with Crippen molar-refractivity contribution >= 4 is 17.4 Å². The second-order valence-electron chi connectivity index (χ2n) is 6.73. The number of amidine groups is 1. The lowest BCUT2D eigenvalue weighted by atomic mass is 10.1. The first-order chi connectivity index (χ1) is 11.5. The van der Waals surface area contributed by atoms with Crippen molar-refractivity contribution in [1.82, 2.24) is 4.90 Å². The summed E-state index contributed by atoms with van der Waals surface area (Å²) in [6.07, 6.45) is 3.24. The molecule has 0 aromatic heterocycles. The number of nitrogens with two attached hydrogens (primary N) is 1. The molecule has 1 amide bonds. The van der Waals surface area contributed by atoms with Crippen LogP contribution >= 0.6 is 0 Å². The summed E-state index contributed by atoms with van der Waals surface area (Å²) in [5, 5.41) is 11.9. The van der Waals surface area contributed by atoms with E-state index in [-0.39, 0.29) is 11.9 Å². The number of rotatable bonds is 6. The predicted octanol–water partition coefficient (Wildman–Crippen LogP) is 3.78. The van der Waals surface area contributed by atoms with Crippen LogP contribution in [0.3, 0.4) is 0 Å². The summed E-state index contributed by atoms with van der Waals surface area (Å²) >= 11 is 0. The van der Waals surface area contributed by atoms with Crippen molar-refractivity contribution in [3.8, 4) is 0 Å². The molecule has 0 radical (unpaired) electrons. The van der Waals surface area contributed by atoms with Gasteiger partial charge in [0.05, 0.1) is 11.7 Å². The van der Waals surface area contributed by atoms with E-state index in [0.717, 1.165) is 37.1 Å². The average molecular weight is 329 g/mol. The van der Waals surface area contributed by atoms with Crippen LogP contribution in [-0.4, -0.2) is 29.2 Å². The highest BCUT2D eigenvalue weighted by Gasteiger charge is 2.31. The summed E-state index contributed by atoms with van der Waals surface area (Å²) in [6.45, 7) is 6.98. The van der Waals surface area contributed by atoms with Crippen LogP contribution in [0.1, 0.15) is 45.1 Å². The van der Waals surface area contributed by atoms with Crippen molar-refractivity contribution in [3.05, 3.63) is 29.8 Å². The maximum atomic E-state index is 12.4. The Labute approximate surface area is 143 Å². The lowest BCUT2D eigenvalue weighted by Gasteiger charge is -2.24. The summed E-state index contributed by atoms with van der Waals surface area (Å²) in [5.41, 5.74) is 7.91. The van der Waals surface area contributed by atoms with Crippen LogP contribution < -0.4 is 5.73 Å². The third kappa shape index (κ3) is 5.15. The molecule has 0 spiro atoms. The average Bonchev–Trinajstić information content (AvgIpc) is 3.02.